The normalized spacial score (nSPS) is 37.2. The highest BCUT2D eigenvalue weighted by atomic mass is 16.5. The van der Waals surface area contributed by atoms with Crippen LogP contribution in [0, 0.1) is 5.92 Å². The van der Waals surface area contributed by atoms with E-state index < -0.39 is 5.54 Å². The van der Waals surface area contributed by atoms with Crippen molar-refractivity contribution >= 4 is 5.91 Å². The van der Waals surface area contributed by atoms with E-state index in [1.54, 1.807) is 0 Å². The number of amides is 1. The van der Waals surface area contributed by atoms with Crippen LogP contribution in [0.1, 0.15) is 32.6 Å². The molecule has 0 radical (unpaired) electrons. The Balaban J connectivity index is 1.90. The number of morpholine rings is 1. The quantitative estimate of drug-likeness (QED) is 0.666. The topological polar surface area (TPSA) is 70.6 Å². The van der Waals surface area contributed by atoms with Gasteiger partial charge in [-0.2, -0.15) is 0 Å². The zero-order chi connectivity index (χ0) is 13.0. The number of aliphatic hydroxyl groups excluding tert-OH is 1. The van der Waals surface area contributed by atoms with Gasteiger partial charge in [-0.1, -0.05) is 6.92 Å². The molecule has 2 fully saturated rings. The van der Waals surface area contributed by atoms with Gasteiger partial charge in [-0.25, -0.2) is 0 Å². The van der Waals surface area contributed by atoms with Gasteiger partial charge >= 0.3 is 0 Å². The molecule has 0 aromatic rings. The zero-order valence-electron chi connectivity index (χ0n) is 11.1. The van der Waals surface area contributed by atoms with E-state index in [1.807, 2.05) is 0 Å². The van der Waals surface area contributed by atoms with Gasteiger partial charge in [0.05, 0.1) is 25.4 Å². The maximum atomic E-state index is 12.1. The summed E-state index contributed by atoms with van der Waals surface area (Å²) in [4.78, 5) is 12.1. The number of hydrogen-bond donors (Lipinski definition) is 3. The van der Waals surface area contributed by atoms with Crippen molar-refractivity contribution in [1.82, 2.24) is 10.6 Å². The first-order valence-corrected chi connectivity index (χ1v) is 6.89. The van der Waals surface area contributed by atoms with E-state index in [-0.39, 0.29) is 18.6 Å². The molecule has 1 unspecified atom stereocenters. The monoisotopic (exact) mass is 256 g/mol. The van der Waals surface area contributed by atoms with Crippen LogP contribution in [-0.4, -0.2) is 49.0 Å². The Morgan fingerprint density at radius 1 is 1.50 bits per heavy atom. The summed E-state index contributed by atoms with van der Waals surface area (Å²) >= 11 is 0. The van der Waals surface area contributed by atoms with Gasteiger partial charge in [0.1, 0.15) is 6.04 Å². The van der Waals surface area contributed by atoms with Crippen LogP contribution in [0.4, 0.5) is 0 Å². The summed E-state index contributed by atoms with van der Waals surface area (Å²) in [6.45, 7) is 4.04. The molecule has 0 aromatic heterocycles. The Kier molecular flexibility index (Phi) is 4.59. The Labute approximate surface area is 108 Å². The molecule has 1 aliphatic carbocycles. The number of aliphatic hydroxyl groups is 1. The summed E-state index contributed by atoms with van der Waals surface area (Å²) in [6.07, 6.45) is 3.86. The summed E-state index contributed by atoms with van der Waals surface area (Å²) in [5.74, 6) is 0.649. The SMILES string of the molecule is CC1CCC(CO)(NC(=O)C2COCCN2)CC1. The first-order chi connectivity index (χ1) is 8.65. The minimum Gasteiger partial charge on any atom is -0.394 e. The van der Waals surface area contributed by atoms with Gasteiger partial charge in [-0.3, -0.25) is 4.79 Å². The van der Waals surface area contributed by atoms with Gasteiger partial charge in [-0.05, 0) is 31.6 Å². The number of rotatable bonds is 3. The van der Waals surface area contributed by atoms with E-state index in [9.17, 15) is 9.90 Å². The summed E-state index contributed by atoms with van der Waals surface area (Å²) < 4.78 is 5.29. The summed E-state index contributed by atoms with van der Waals surface area (Å²) in [7, 11) is 0. The molecular formula is C13H24N2O3. The summed E-state index contributed by atoms with van der Waals surface area (Å²) in [5.41, 5.74) is -0.414. The minimum absolute atomic E-state index is 0.0268. The Morgan fingerprint density at radius 2 is 2.22 bits per heavy atom. The van der Waals surface area contributed by atoms with E-state index >= 15 is 0 Å². The van der Waals surface area contributed by atoms with Gasteiger partial charge in [0.2, 0.25) is 5.91 Å². The van der Waals surface area contributed by atoms with Gasteiger partial charge in [0, 0.05) is 6.54 Å². The molecule has 2 aliphatic rings. The molecule has 1 amide bonds. The molecule has 1 saturated carbocycles. The molecule has 1 atom stereocenters. The maximum Gasteiger partial charge on any atom is 0.240 e. The van der Waals surface area contributed by atoms with Crippen LogP contribution >= 0.6 is 0 Å². The highest BCUT2D eigenvalue weighted by molar-refractivity contribution is 5.82. The predicted octanol–water partition coefficient (Wildman–Crippen LogP) is 0.0322. The second-order valence-corrected chi connectivity index (χ2v) is 5.69. The zero-order valence-corrected chi connectivity index (χ0v) is 11.1. The lowest BCUT2D eigenvalue weighted by molar-refractivity contribution is -0.129. The fraction of sp³-hybridized carbons (Fsp3) is 0.923. The number of ether oxygens (including phenoxy) is 1. The van der Waals surface area contributed by atoms with Gasteiger partial charge in [0.25, 0.3) is 0 Å². The largest absolute Gasteiger partial charge is 0.394 e. The van der Waals surface area contributed by atoms with Crippen LogP contribution < -0.4 is 10.6 Å². The Morgan fingerprint density at radius 3 is 2.78 bits per heavy atom. The minimum atomic E-state index is -0.414. The van der Waals surface area contributed by atoms with Crippen molar-refractivity contribution in [2.75, 3.05) is 26.4 Å². The predicted molar refractivity (Wildman–Crippen MR) is 68.2 cm³/mol. The van der Waals surface area contributed by atoms with Crippen LogP contribution in [0.3, 0.4) is 0 Å². The Hall–Kier alpha value is -0.650. The highest BCUT2D eigenvalue weighted by Gasteiger charge is 2.36. The van der Waals surface area contributed by atoms with Crippen molar-refractivity contribution in [3.05, 3.63) is 0 Å². The fourth-order valence-electron chi connectivity index (χ4n) is 2.72. The van der Waals surface area contributed by atoms with Crippen molar-refractivity contribution < 1.29 is 14.6 Å². The molecular weight excluding hydrogens is 232 g/mol. The molecule has 0 bridgehead atoms. The van der Waals surface area contributed by atoms with Crippen LogP contribution in [0.5, 0.6) is 0 Å². The molecule has 1 aliphatic heterocycles. The van der Waals surface area contributed by atoms with Crippen molar-refractivity contribution in [2.24, 2.45) is 5.92 Å². The standard InChI is InChI=1S/C13H24N2O3/c1-10-2-4-13(9-16,5-3-10)15-12(17)11-8-18-7-6-14-11/h10-11,14,16H,2-9H2,1H3,(H,15,17). The molecule has 0 spiro atoms. The molecule has 5 heteroatoms. The third-order valence-electron chi connectivity index (χ3n) is 4.16. The second-order valence-electron chi connectivity index (χ2n) is 5.69. The number of nitrogens with one attached hydrogen (secondary N) is 2. The van der Waals surface area contributed by atoms with E-state index in [0.717, 1.165) is 25.7 Å². The third-order valence-corrected chi connectivity index (χ3v) is 4.16. The van der Waals surface area contributed by atoms with Gasteiger partial charge in [-0.15, -0.1) is 0 Å². The van der Waals surface area contributed by atoms with Crippen molar-refractivity contribution in [2.45, 2.75) is 44.2 Å². The lowest BCUT2D eigenvalue weighted by atomic mass is 9.77. The first-order valence-electron chi connectivity index (χ1n) is 6.89. The van der Waals surface area contributed by atoms with E-state index in [2.05, 4.69) is 17.6 Å². The van der Waals surface area contributed by atoms with Crippen LogP contribution in [0.25, 0.3) is 0 Å². The molecule has 104 valence electrons. The number of hydrogen-bond acceptors (Lipinski definition) is 4. The highest BCUT2D eigenvalue weighted by Crippen LogP contribution is 2.31. The molecule has 1 heterocycles. The van der Waals surface area contributed by atoms with E-state index in [1.165, 1.54) is 0 Å². The van der Waals surface area contributed by atoms with Crippen LogP contribution in [0.15, 0.2) is 0 Å². The lowest BCUT2D eigenvalue weighted by Crippen LogP contribution is -2.60. The van der Waals surface area contributed by atoms with Gasteiger partial charge < -0.3 is 20.5 Å². The van der Waals surface area contributed by atoms with Crippen LogP contribution in [0.2, 0.25) is 0 Å². The second kappa shape index (κ2) is 5.99. The fourth-order valence-corrected chi connectivity index (χ4v) is 2.72. The molecule has 0 aromatic carbocycles. The van der Waals surface area contributed by atoms with Crippen molar-refractivity contribution in [1.29, 1.82) is 0 Å². The smallest absolute Gasteiger partial charge is 0.240 e. The summed E-state index contributed by atoms with van der Waals surface area (Å²) in [5, 5.41) is 15.8. The molecule has 18 heavy (non-hydrogen) atoms. The number of carbonyl (C=O) groups is 1. The Bertz CT molecular complexity index is 282. The lowest BCUT2D eigenvalue weighted by Gasteiger charge is -2.40. The number of carbonyl (C=O) groups excluding carboxylic acids is 1. The maximum absolute atomic E-state index is 12.1. The van der Waals surface area contributed by atoms with E-state index in [0.29, 0.717) is 25.7 Å². The summed E-state index contributed by atoms with van der Waals surface area (Å²) in [6, 6.07) is -0.276. The molecule has 3 N–H and O–H groups in total. The molecule has 5 nitrogen and oxygen atoms in total. The van der Waals surface area contributed by atoms with Crippen molar-refractivity contribution in [3.63, 3.8) is 0 Å². The van der Waals surface area contributed by atoms with Crippen LogP contribution in [-0.2, 0) is 9.53 Å². The van der Waals surface area contributed by atoms with Crippen molar-refractivity contribution in [3.8, 4) is 0 Å². The first kappa shape index (κ1) is 13.8. The van der Waals surface area contributed by atoms with Gasteiger partial charge in [0.15, 0.2) is 0 Å². The van der Waals surface area contributed by atoms with E-state index in [4.69, 9.17) is 4.74 Å². The third kappa shape index (κ3) is 3.22. The average molecular weight is 256 g/mol. The molecule has 1 saturated heterocycles. The molecule has 2 rings (SSSR count). The average Bonchev–Trinajstić information content (AvgIpc) is 2.43.